The summed E-state index contributed by atoms with van der Waals surface area (Å²) in [7, 11) is -7.33. The molecule has 0 aromatic heterocycles. The van der Waals surface area contributed by atoms with Crippen LogP contribution in [0.3, 0.4) is 0 Å². The van der Waals surface area contributed by atoms with Gasteiger partial charge in [-0.15, -0.1) is 0 Å². The van der Waals surface area contributed by atoms with Crippen LogP contribution in [0.5, 0.6) is 0 Å². The summed E-state index contributed by atoms with van der Waals surface area (Å²) in [4.78, 5) is 18.4. The summed E-state index contributed by atoms with van der Waals surface area (Å²) in [5, 5.41) is 4.82. The second-order valence-electron chi connectivity index (χ2n) is 4.83. The third-order valence-electron chi connectivity index (χ3n) is 2.70. The smallest absolute Gasteiger partial charge is 0.308 e. The van der Waals surface area contributed by atoms with Gasteiger partial charge in [-0.3, -0.25) is 19.2 Å². The molecule has 11 heteroatoms. The first-order valence-corrected chi connectivity index (χ1v) is 11.0. The third kappa shape index (κ3) is 12.4. The maximum Gasteiger partial charge on any atom is 0.430 e. The van der Waals surface area contributed by atoms with Crippen LogP contribution in [0.2, 0.25) is 0 Å². The maximum absolute atomic E-state index is 11.2. The van der Waals surface area contributed by atoms with Crippen LogP contribution >= 0.6 is 15.5 Å². The van der Waals surface area contributed by atoms with E-state index in [0.29, 0.717) is 11.4 Å². The molecule has 2 unspecified atom stereocenters. The van der Waals surface area contributed by atoms with Crippen molar-refractivity contribution in [2.45, 2.75) is 13.8 Å². The number of nitrogens with one attached hydrogen (secondary N) is 2. The van der Waals surface area contributed by atoms with Crippen LogP contribution in [0.1, 0.15) is 13.8 Å². The minimum absolute atomic E-state index is 0. The number of para-hydroxylation sites is 2. The van der Waals surface area contributed by atoms with Crippen molar-refractivity contribution in [1.82, 2.24) is 0 Å². The fourth-order valence-electron chi connectivity index (χ4n) is 1.77. The first-order valence-electron chi connectivity index (χ1n) is 7.89. The van der Waals surface area contributed by atoms with Gasteiger partial charge in [-0.05, 0) is 38.1 Å². The van der Waals surface area contributed by atoms with Crippen LogP contribution in [0.4, 0.5) is 11.4 Å². The SMILES string of the molecule is CCOP(=O)(O)Nc1ccccc1.CCOP(=O)(O)Nc1ccccc1.[Na]. The summed E-state index contributed by atoms with van der Waals surface area (Å²) in [5.74, 6) is 0. The molecule has 0 aliphatic carbocycles. The minimum Gasteiger partial charge on any atom is -0.308 e. The Bertz CT molecular complexity index is 673. The third-order valence-corrected chi connectivity index (χ3v) is 4.99. The van der Waals surface area contributed by atoms with Crippen molar-refractivity contribution < 1.29 is 28.0 Å². The van der Waals surface area contributed by atoms with Crippen LogP contribution in [-0.2, 0) is 18.2 Å². The van der Waals surface area contributed by atoms with E-state index in [4.69, 9.17) is 0 Å². The van der Waals surface area contributed by atoms with Gasteiger partial charge in [-0.25, -0.2) is 9.13 Å². The van der Waals surface area contributed by atoms with E-state index in [1.165, 1.54) is 0 Å². The molecule has 145 valence electrons. The van der Waals surface area contributed by atoms with E-state index in [1.807, 2.05) is 12.1 Å². The summed E-state index contributed by atoms with van der Waals surface area (Å²) >= 11 is 0. The zero-order valence-electron chi connectivity index (χ0n) is 15.6. The second-order valence-corrected chi connectivity index (χ2v) is 7.88. The molecule has 0 spiro atoms. The predicted octanol–water partition coefficient (Wildman–Crippen LogP) is 4.09. The second kappa shape index (κ2) is 13.5. The summed E-state index contributed by atoms with van der Waals surface area (Å²) < 4.78 is 31.7. The van der Waals surface area contributed by atoms with Gasteiger partial charge in [-0.2, -0.15) is 0 Å². The zero-order chi connectivity index (χ0) is 19.5. The molecular formula is C16H24N2NaO6P2. The van der Waals surface area contributed by atoms with Crippen LogP contribution in [0.15, 0.2) is 60.7 Å². The fourth-order valence-corrected chi connectivity index (χ4v) is 3.55. The molecule has 2 rings (SSSR count). The van der Waals surface area contributed by atoms with E-state index < -0.39 is 15.5 Å². The Kier molecular flexibility index (Phi) is 13.2. The van der Waals surface area contributed by atoms with Crippen LogP contribution < -0.4 is 10.2 Å². The van der Waals surface area contributed by atoms with Crippen LogP contribution in [-0.4, -0.2) is 52.6 Å². The van der Waals surface area contributed by atoms with Crippen molar-refractivity contribution in [3.05, 3.63) is 60.7 Å². The van der Waals surface area contributed by atoms with Crippen molar-refractivity contribution in [1.29, 1.82) is 0 Å². The monoisotopic (exact) mass is 425 g/mol. The van der Waals surface area contributed by atoms with Crippen molar-refractivity contribution in [2.24, 2.45) is 0 Å². The van der Waals surface area contributed by atoms with Crippen molar-refractivity contribution in [3.63, 3.8) is 0 Å². The van der Waals surface area contributed by atoms with Gasteiger partial charge in [0.25, 0.3) is 0 Å². The summed E-state index contributed by atoms with van der Waals surface area (Å²) in [6, 6.07) is 17.5. The molecular weight excluding hydrogens is 401 g/mol. The number of anilines is 2. The Hall–Kier alpha value is -0.660. The first kappa shape index (κ1) is 26.3. The first-order chi connectivity index (χ1) is 12.3. The van der Waals surface area contributed by atoms with Crippen molar-refractivity contribution in [2.75, 3.05) is 23.4 Å². The van der Waals surface area contributed by atoms with Crippen LogP contribution in [0, 0.1) is 0 Å². The standard InChI is InChI=1S/2C8H12NO3P.Na/c2*1-2-12-13(10,11)9-8-6-4-3-5-7-8;/h2*3-7H,2H2,1H3,(H2,9,10,11);. The van der Waals surface area contributed by atoms with Gasteiger partial charge in [0, 0.05) is 40.9 Å². The molecule has 0 aliphatic rings. The number of hydrogen-bond acceptors (Lipinski definition) is 4. The van der Waals surface area contributed by atoms with Gasteiger partial charge in [-0.1, -0.05) is 36.4 Å². The van der Waals surface area contributed by atoms with Crippen LogP contribution in [0.25, 0.3) is 0 Å². The van der Waals surface area contributed by atoms with Gasteiger partial charge in [0.15, 0.2) is 0 Å². The Morgan fingerprint density at radius 2 is 1.04 bits per heavy atom. The van der Waals surface area contributed by atoms with Gasteiger partial charge >= 0.3 is 15.5 Å². The molecule has 1 radical (unpaired) electrons. The molecule has 4 N–H and O–H groups in total. The summed E-state index contributed by atoms with van der Waals surface area (Å²) in [5.41, 5.74) is 1.14. The predicted molar refractivity (Wildman–Crippen MR) is 109 cm³/mol. The maximum atomic E-state index is 11.2. The van der Waals surface area contributed by atoms with Crippen molar-refractivity contribution in [3.8, 4) is 0 Å². The molecule has 0 bridgehead atoms. The zero-order valence-corrected chi connectivity index (χ0v) is 19.4. The van der Waals surface area contributed by atoms with E-state index in [0.717, 1.165) is 0 Å². The Balaban J connectivity index is 0.000000483. The van der Waals surface area contributed by atoms with Gasteiger partial charge < -0.3 is 9.79 Å². The molecule has 0 heterocycles. The molecule has 2 aromatic carbocycles. The van der Waals surface area contributed by atoms with Gasteiger partial charge in [0.2, 0.25) is 0 Å². The molecule has 0 aliphatic heterocycles. The Morgan fingerprint density at radius 1 is 0.741 bits per heavy atom. The van der Waals surface area contributed by atoms with E-state index in [1.54, 1.807) is 62.4 Å². The normalized spacial score (nSPS) is 14.4. The van der Waals surface area contributed by atoms with E-state index in [2.05, 4.69) is 19.2 Å². The minimum atomic E-state index is -3.66. The van der Waals surface area contributed by atoms with Gasteiger partial charge in [0.05, 0.1) is 13.2 Å². The van der Waals surface area contributed by atoms with Crippen molar-refractivity contribution >= 4 is 56.4 Å². The molecule has 2 atom stereocenters. The van der Waals surface area contributed by atoms with E-state index >= 15 is 0 Å². The number of benzene rings is 2. The van der Waals surface area contributed by atoms with Gasteiger partial charge in [0.1, 0.15) is 0 Å². The van der Waals surface area contributed by atoms with E-state index in [9.17, 15) is 18.9 Å². The number of rotatable bonds is 8. The molecule has 0 saturated carbocycles. The summed E-state index contributed by atoms with van der Waals surface area (Å²) in [6.45, 7) is 3.73. The molecule has 0 amide bonds. The largest absolute Gasteiger partial charge is 0.430 e. The number of hydrogen-bond donors (Lipinski definition) is 4. The molecule has 0 fully saturated rings. The van der Waals surface area contributed by atoms with E-state index in [-0.39, 0.29) is 42.8 Å². The molecule has 27 heavy (non-hydrogen) atoms. The average Bonchev–Trinajstić information content (AvgIpc) is 2.56. The average molecular weight is 425 g/mol. The molecule has 8 nitrogen and oxygen atoms in total. The molecule has 2 aromatic rings. The fraction of sp³-hybridized carbons (Fsp3) is 0.250. The molecule has 0 saturated heterocycles. The topological polar surface area (TPSA) is 117 Å². The Labute approximate surface area is 181 Å². The quantitative estimate of drug-likeness (QED) is 0.369. The Morgan fingerprint density at radius 3 is 1.30 bits per heavy atom. The summed E-state index contributed by atoms with van der Waals surface area (Å²) in [6.07, 6.45) is 0.